The highest BCUT2D eigenvalue weighted by atomic mass is 16.6. The molecule has 0 saturated carbocycles. The second-order valence-corrected chi connectivity index (χ2v) is 37.3. The summed E-state index contributed by atoms with van der Waals surface area (Å²) in [5.41, 5.74) is 2.99. The van der Waals surface area contributed by atoms with Gasteiger partial charge in [0.1, 0.15) is 57.0 Å². The van der Waals surface area contributed by atoms with Gasteiger partial charge in [0.2, 0.25) is 53.2 Å². The Labute approximate surface area is 875 Å². The van der Waals surface area contributed by atoms with Crippen molar-refractivity contribution in [1.29, 1.82) is 0 Å². The van der Waals surface area contributed by atoms with Gasteiger partial charge in [-0.25, -0.2) is 14.4 Å². The zero-order valence-electron chi connectivity index (χ0n) is 87.8. The minimum atomic E-state index is -1.06. The van der Waals surface area contributed by atoms with Crippen LogP contribution in [0, 0.1) is 11.3 Å². The molecule has 41 heteroatoms. The molecule has 0 fully saturated rings. The normalized spacial score (nSPS) is 12.0. The third-order valence-electron chi connectivity index (χ3n) is 22.4. The van der Waals surface area contributed by atoms with Crippen molar-refractivity contribution in [3.63, 3.8) is 0 Å². The van der Waals surface area contributed by atoms with E-state index in [0.29, 0.717) is 142 Å². The van der Waals surface area contributed by atoms with Crippen molar-refractivity contribution < 1.29 is 138 Å². The summed E-state index contributed by atoms with van der Waals surface area (Å²) in [5, 5.41) is 33.5. The van der Waals surface area contributed by atoms with Crippen LogP contribution in [0.15, 0.2) is 140 Å². The van der Waals surface area contributed by atoms with Crippen molar-refractivity contribution in [2.24, 2.45) is 11.3 Å². The fraction of sp³-hybridized carbons (Fsp3) is 0.583. The molecule has 0 radical (unpaired) electrons. The summed E-state index contributed by atoms with van der Waals surface area (Å²) >= 11 is 0. The number of anilines is 1. The van der Waals surface area contributed by atoms with Crippen LogP contribution in [0.3, 0.4) is 0 Å². The third-order valence-corrected chi connectivity index (χ3v) is 22.4. The first-order valence-electron chi connectivity index (χ1n) is 51.6. The Hall–Kier alpha value is -12.8. The number of hydrogen-bond acceptors (Lipinski definition) is 29. The number of benzene rings is 5. The second-order valence-electron chi connectivity index (χ2n) is 37.3. The molecule has 0 unspecified atom stereocenters. The number of alkyl carbamates (subject to hydrolysis) is 3. The highest BCUT2D eigenvalue weighted by Gasteiger charge is 2.30. The summed E-state index contributed by atoms with van der Waals surface area (Å²) in [4.78, 5) is 193. The predicted molar refractivity (Wildman–Crippen MR) is 553 cm³/mol. The third kappa shape index (κ3) is 67.0. The monoisotopic (exact) mass is 2090 g/mol. The zero-order valence-corrected chi connectivity index (χ0v) is 87.8. The Morgan fingerprint density at radius 3 is 0.987 bits per heavy atom. The van der Waals surface area contributed by atoms with E-state index in [4.69, 9.17) is 66.3 Å². The van der Waals surface area contributed by atoms with Crippen molar-refractivity contribution >= 4 is 95.0 Å². The smallest absolute Gasteiger partial charge is 0.408 e. The van der Waals surface area contributed by atoms with Crippen LogP contribution in [-0.2, 0) is 152 Å². The molecule has 5 rings (SSSR count). The predicted octanol–water partition coefficient (Wildman–Crippen LogP) is 9.98. The van der Waals surface area contributed by atoms with E-state index in [1.807, 2.05) is 72.8 Å². The molecule has 41 nitrogen and oxygen atoms in total. The van der Waals surface area contributed by atoms with Gasteiger partial charge in [-0.1, -0.05) is 155 Å². The highest BCUT2D eigenvalue weighted by molar-refractivity contribution is 5.95. The van der Waals surface area contributed by atoms with Crippen molar-refractivity contribution in [2.45, 2.75) is 240 Å². The molecular weight excluding hydrogens is 1930 g/mol. The van der Waals surface area contributed by atoms with Gasteiger partial charge in [-0.3, -0.25) is 57.5 Å². The van der Waals surface area contributed by atoms with Gasteiger partial charge in [0, 0.05) is 123 Å². The van der Waals surface area contributed by atoms with Crippen LogP contribution < -0.4 is 68.5 Å². The lowest BCUT2D eigenvalue weighted by molar-refractivity contribution is -0.149. The summed E-state index contributed by atoms with van der Waals surface area (Å²) in [6, 6.07) is 38.7. The lowest BCUT2D eigenvalue weighted by atomic mass is 9.78. The quantitative estimate of drug-likeness (QED) is 0.00566. The van der Waals surface area contributed by atoms with E-state index in [1.165, 1.54) is 0 Å². The average molecular weight is 2090 g/mol. The number of hydrogen-bond donors (Lipinski definition) is 12. The van der Waals surface area contributed by atoms with Crippen LogP contribution in [0.1, 0.15) is 211 Å². The Morgan fingerprint density at radius 2 is 0.624 bits per heavy atom. The van der Waals surface area contributed by atoms with Gasteiger partial charge in [0.25, 0.3) is 0 Å². The number of amides is 12. The average Bonchev–Trinajstić information content (AvgIpc) is 0.831. The summed E-state index contributed by atoms with van der Waals surface area (Å²) in [5.74, 6) is -5.00. The van der Waals surface area contributed by atoms with E-state index in [0.717, 1.165) is 22.3 Å². The SMILES string of the molecule is C[C@@H](C[C@H](Cc1ccc(OC(=O)CCCNC(=O)[C@H](CCCCNC(=O)CCCOCCOCCNC(=O)CCCOCCOCCNC(=O)CC(=O)OCc2ccccc2)NC(=O)OCc2ccccc2)c(NC(=O)CCCNC(=O)[C@H](CCCCNC(=O)CCCOCCOCCNC(=O)CCCOCCOCCNC(=O)CC(=O)OCc2ccccc2)NC(=O)OCc2ccccc2)c1)NC(=O)OC(C)(C)C)C(C)(C)C. The molecule has 826 valence electrons. The van der Waals surface area contributed by atoms with Gasteiger partial charge in [-0.05, 0) is 162 Å². The van der Waals surface area contributed by atoms with E-state index >= 15 is 0 Å². The number of unbranched alkanes of at least 4 members (excludes halogenated alkanes) is 2. The lowest BCUT2D eigenvalue weighted by Gasteiger charge is -2.32. The summed E-state index contributed by atoms with van der Waals surface area (Å²) in [6.45, 7) is 20.2. The van der Waals surface area contributed by atoms with Crippen LogP contribution in [-0.4, -0.2) is 271 Å². The Bertz CT molecular complexity index is 4690. The molecule has 0 bridgehead atoms. The molecule has 0 aliphatic carbocycles. The standard InChI is InChI=1S/C108H160N12O29/c1-81(107(2,3)4)72-87(117-106(135)149-108(5,6)7)73-86-46-47-91(148-99(128)45-25-51-116-103(132)89(120-105(134)147-80-85-36-18-11-19-37-85)39-21-23-49-110-93(122)42-27-57-137-65-69-141-61-53-112-95(124)44-29-59-139-67-71-143-63-55-114-98(127)76-101(130)145-78-83-32-14-9-15-33-83)90(74-86)118-96(125)40-24-50-115-102(131)88(119-104(133)146-79-84-34-16-10-17-35-84)38-20-22-48-109-92(121)41-26-56-136-64-68-140-60-52-111-94(123)43-28-58-138-66-70-142-62-54-113-97(126)75-100(129)144-77-82-30-12-8-13-31-82/h8-19,30-37,46-47,74,81,87-89H,20-29,38-45,48-73,75-80H2,1-7H3,(H,109,121)(H,110,122)(H,111,123)(H,112,124)(H,113,126)(H,114,127)(H,115,131)(H,116,132)(H,117,135)(H,118,125)(H,119,133)(H,120,134)/t81-,87+,88-,89-/m0/s1. The number of nitrogens with one attached hydrogen (secondary N) is 12. The summed E-state index contributed by atoms with van der Waals surface area (Å²) < 4.78 is 77.2. The molecule has 5 aromatic rings. The topological polar surface area (TPSA) is 530 Å². The minimum absolute atomic E-state index is 0.00551. The van der Waals surface area contributed by atoms with Crippen molar-refractivity contribution in [3.05, 3.63) is 167 Å². The van der Waals surface area contributed by atoms with Gasteiger partial charge in [-0.2, -0.15) is 0 Å². The van der Waals surface area contributed by atoms with E-state index in [1.54, 1.807) is 87.5 Å². The molecule has 0 saturated heterocycles. The fourth-order valence-electron chi connectivity index (χ4n) is 13.9. The summed E-state index contributed by atoms with van der Waals surface area (Å²) in [6.07, 6.45) is 2.64. The van der Waals surface area contributed by atoms with Gasteiger partial charge >= 0.3 is 36.2 Å². The van der Waals surface area contributed by atoms with Gasteiger partial charge < -0.3 is 130 Å². The molecule has 12 N–H and O–H groups in total. The lowest BCUT2D eigenvalue weighted by Crippen LogP contribution is -2.47. The van der Waals surface area contributed by atoms with E-state index in [9.17, 15) is 71.9 Å². The summed E-state index contributed by atoms with van der Waals surface area (Å²) in [7, 11) is 0. The van der Waals surface area contributed by atoms with E-state index < -0.39 is 89.5 Å². The molecule has 0 aliphatic rings. The van der Waals surface area contributed by atoms with Crippen LogP contribution >= 0.6 is 0 Å². The first-order valence-corrected chi connectivity index (χ1v) is 51.6. The number of rotatable bonds is 81. The molecule has 0 aliphatic heterocycles. The largest absolute Gasteiger partial charge is 0.460 e. The van der Waals surface area contributed by atoms with Crippen LogP contribution in [0.2, 0.25) is 0 Å². The number of esters is 3. The fourth-order valence-corrected chi connectivity index (χ4v) is 13.9. The highest BCUT2D eigenvalue weighted by Crippen LogP contribution is 2.32. The maximum absolute atomic E-state index is 14.0. The minimum Gasteiger partial charge on any atom is -0.460 e. The number of carbonyl (C=O) groups excluding carboxylic acids is 15. The molecule has 149 heavy (non-hydrogen) atoms. The molecule has 0 heterocycles. The maximum Gasteiger partial charge on any atom is 0.408 e. The van der Waals surface area contributed by atoms with E-state index in [2.05, 4.69) is 91.5 Å². The van der Waals surface area contributed by atoms with Crippen molar-refractivity contribution in [3.8, 4) is 5.75 Å². The van der Waals surface area contributed by atoms with Gasteiger partial charge in [-0.15, -0.1) is 0 Å². The van der Waals surface area contributed by atoms with Crippen LogP contribution in [0.5, 0.6) is 5.75 Å². The zero-order chi connectivity index (χ0) is 108. The van der Waals surface area contributed by atoms with Gasteiger partial charge in [0.15, 0.2) is 5.75 Å². The second kappa shape index (κ2) is 78.5. The molecule has 5 aromatic carbocycles. The van der Waals surface area contributed by atoms with Crippen LogP contribution in [0.4, 0.5) is 20.1 Å². The van der Waals surface area contributed by atoms with Crippen molar-refractivity contribution in [2.75, 3.05) is 163 Å². The Balaban J connectivity index is 0.997. The molecule has 4 atom stereocenters. The van der Waals surface area contributed by atoms with Crippen molar-refractivity contribution in [1.82, 2.24) is 58.5 Å². The molecular formula is C108H160N12O29. The van der Waals surface area contributed by atoms with Gasteiger partial charge in [0.05, 0.1) is 85.0 Å². The molecule has 0 spiro atoms. The number of carbonyl (C=O) groups is 15. The Morgan fingerprint density at radius 1 is 0.295 bits per heavy atom. The van der Waals surface area contributed by atoms with Crippen LogP contribution in [0.25, 0.3) is 0 Å². The molecule has 0 aromatic heterocycles. The first-order chi connectivity index (χ1) is 71.8. The molecule has 12 amide bonds. The Kier molecular flexibility index (Phi) is 66.7. The number of ether oxygens (including phenoxy) is 14. The maximum atomic E-state index is 14.0. The first kappa shape index (κ1) is 127. The van der Waals surface area contributed by atoms with E-state index in [-0.39, 0.29) is 235 Å².